The minimum absolute atomic E-state index is 0.451. The summed E-state index contributed by atoms with van der Waals surface area (Å²) in [5.41, 5.74) is 0.990. The summed E-state index contributed by atoms with van der Waals surface area (Å²) in [5.74, 6) is 2.19. The lowest BCUT2D eigenvalue weighted by atomic mass is 10.3. The Balaban J connectivity index is 2.27. The number of hydrogen-bond acceptors (Lipinski definition) is 4. The quantitative estimate of drug-likeness (QED) is 0.716. The highest BCUT2D eigenvalue weighted by atomic mass is 35.5. The Kier molecular flexibility index (Phi) is 3.38. The summed E-state index contributed by atoms with van der Waals surface area (Å²) >= 11 is 5.87. The van der Waals surface area contributed by atoms with E-state index in [1.54, 1.807) is 6.20 Å². The third-order valence-corrected chi connectivity index (χ3v) is 2.70. The van der Waals surface area contributed by atoms with Crippen molar-refractivity contribution >= 4 is 17.4 Å². The van der Waals surface area contributed by atoms with Crippen molar-refractivity contribution in [3.63, 3.8) is 0 Å². The highest BCUT2D eigenvalue weighted by Gasteiger charge is 2.16. The second-order valence-electron chi connectivity index (χ2n) is 3.50. The molecule has 0 amide bonds. The van der Waals surface area contributed by atoms with Gasteiger partial charge < -0.3 is 9.64 Å². The lowest BCUT2D eigenvalue weighted by Gasteiger charge is -2.29. The third kappa shape index (κ3) is 2.38. The highest BCUT2D eigenvalue weighted by molar-refractivity contribution is 6.17. The molecular weight excluding hydrogens is 214 g/mol. The van der Waals surface area contributed by atoms with E-state index < -0.39 is 0 Å². The second-order valence-corrected chi connectivity index (χ2v) is 3.77. The van der Waals surface area contributed by atoms with Crippen LogP contribution in [0.4, 0.5) is 5.82 Å². The van der Waals surface area contributed by atoms with E-state index in [4.69, 9.17) is 16.3 Å². The Bertz CT molecular complexity index is 339. The van der Waals surface area contributed by atoms with Crippen LogP contribution in [0.2, 0.25) is 0 Å². The van der Waals surface area contributed by atoms with Crippen LogP contribution in [0.25, 0.3) is 0 Å². The van der Waals surface area contributed by atoms with Crippen molar-refractivity contribution in [3.05, 3.63) is 17.6 Å². The lowest BCUT2D eigenvalue weighted by molar-refractivity contribution is 0.122. The summed E-state index contributed by atoms with van der Waals surface area (Å²) in [6, 6.07) is 0. The number of alkyl halides is 1. The third-order valence-electron chi connectivity index (χ3n) is 2.42. The maximum absolute atomic E-state index is 5.87. The van der Waals surface area contributed by atoms with Crippen molar-refractivity contribution in [2.75, 3.05) is 31.2 Å². The number of aryl methyl sites for hydroxylation is 1. The van der Waals surface area contributed by atoms with Crippen molar-refractivity contribution in [3.8, 4) is 0 Å². The van der Waals surface area contributed by atoms with Gasteiger partial charge in [0.15, 0.2) is 0 Å². The molecule has 0 bridgehead atoms. The van der Waals surface area contributed by atoms with Crippen LogP contribution in [0, 0.1) is 6.92 Å². The van der Waals surface area contributed by atoms with Gasteiger partial charge in [0.25, 0.3) is 0 Å². The van der Waals surface area contributed by atoms with Crippen LogP contribution < -0.4 is 4.90 Å². The predicted molar refractivity (Wildman–Crippen MR) is 59.4 cm³/mol. The average molecular weight is 228 g/mol. The molecule has 1 fully saturated rings. The standard InChI is InChI=1S/C10H14ClN3O/c1-8-12-7-9(6-11)10(13-8)14-2-4-15-5-3-14/h7H,2-6H2,1H3. The van der Waals surface area contributed by atoms with Crippen LogP contribution in [-0.2, 0) is 10.6 Å². The molecule has 1 saturated heterocycles. The molecule has 0 atom stereocenters. The zero-order valence-corrected chi connectivity index (χ0v) is 9.50. The zero-order chi connectivity index (χ0) is 10.7. The monoisotopic (exact) mass is 227 g/mol. The molecule has 5 heteroatoms. The molecule has 0 unspecified atom stereocenters. The van der Waals surface area contributed by atoms with Gasteiger partial charge in [-0.3, -0.25) is 0 Å². The first kappa shape index (κ1) is 10.6. The van der Waals surface area contributed by atoms with E-state index in [-0.39, 0.29) is 0 Å². The number of nitrogens with zero attached hydrogens (tertiary/aromatic N) is 3. The minimum Gasteiger partial charge on any atom is -0.378 e. The summed E-state index contributed by atoms with van der Waals surface area (Å²) in [5, 5.41) is 0. The number of hydrogen-bond donors (Lipinski definition) is 0. The molecule has 2 rings (SSSR count). The van der Waals surface area contributed by atoms with Crippen molar-refractivity contribution in [1.29, 1.82) is 0 Å². The molecule has 1 aliphatic heterocycles. The molecule has 0 N–H and O–H groups in total. The second kappa shape index (κ2) is 4.77. The van der Waals surface area contributed by atoms with Gasteiger partial charge in [0.05, 0.1) is 19.1 Å². The molecule has 0 aliphatic carbocycles. The minimum atomic E-state index is 0.451. The fourth-order valence-corrected chi connectivity index (χ4v) is 1.81. The topological polar surface area (TPSA) is 38.2 Å². The Morgan fingerprint density at radius 2 is 2.20 bits per heavy atom. The van der Waals surface area contributed by atoms with Gasteiger partial charge in [0.2, 0.25) is 0 Å². The molecule has 15 heavy (non-hydrogen) atoms. The Hall–Kier alpha value is -0.870. The number of aromatic nitrogens is 2. The van der Waals surface area contributed by atoms with Crippen molar-refractivity contribution < 1.29 is 4.74 Å². The number of anilines is 1. The fourth-order valence-electron chi connectivity index (χ4n) is 1.63. The summed E-state index contributed by atoms with van der Waals surface area (Å²) in [6.45, 7) is 5.15. The molecule has 1 aliphatic rings. The number of morpholine rings is 1. The zero-order valence-electron chi connectivity index (χ0n) is 8.74. The smallest absolute Gasteiger partial charge is 0.136 e. The van der Waals surface area contributed by atoms with Crippen LogP contribution >= 0.6 is 11.6 Å². The summed E-state index contributed by atoms with van der Waals surface area (Å²) in [4.78, 5) is 10.8. The van der Waals surface area contributed by atoms with E-state index in [1.165, 1.54) is 0 Å². The Labute approximate surface area is 94.2 Å². The van der Waals surface area contributed by atoms with Gasteiger partial charge in [0.1, 0.15) is 11.6 Å². The first-order valence-electron chi connectivity index (χ1n) is 5.02. The summed E-state index contributed by atoms with van der Waals surface area (Å²) in [6.07, 6.45) is 1.81. The molecule has 1 aromatic heterocycles. The number of ether oxygens (including phenoxy) is 1. The average Bonchev–Trinajstić information content (AvgIpc) is 2.30. The Morgan fingerprint density at radius 3 is 2.87 bits per heavy atom. The van der Waals surface area contributed by atoms with Crippen LogP contribution in [-0.4, -0.2) is 36.3 Å². The first-order valence-corrected chi connectivity index (χ1v) is 5.56. The van der Waals surface area contributed by atoms with Gasteiger partial charge in [-0.2, -0.15) is 0 Å². The lowest BCUT2D eigenvalue weighted by Crippen LogP contribution is -2.37. The van der Waals surface area contributed by atoms with E-state index in [0.717, 1.165) is 43.5 Å². The SMILES string of the molecule is Cc1ncc(CCl)c(N2CCOCC2)n1. The largest absolute Gasteiger partial charge is 0.378 e. The van der Waals surface area contributed by atoms with Gasteiger partial charge in [-0.25, -0.2) is 9.97 Å². The van der Waals surface area contributed by atoms with E-state index in [0.29, 0.717) is 5.88 Å². The van der Waals surface area contributed by atoms with Gasteiger partial charge in [-0.1, -0.05) is 0 Å². The van der Waals surface area contributed by atoms with Gasteiger partial charge in [0, 0.05) is 24.8 Å². The maximum atomic E-state index is 5.87. The molecular formula is C10H14ClN3O. The molecule has 0 saturated carbocycles. The first-order chi connectivity index (χ1) is 7.31. The normalized spacial score (nSPS) is 16.8. The molecule has 0 aromatic carbocycles. The Morgan fingerprint density at radius 1 is 1.47 bits per heavy atom. The molecule has 2 heterocycles. The highest BCUT2D eigenvalue weighted by Crippen LogP contribution is 2.19. The maximum Gasteiger partial charge on any atom is 0.136 e. The summed E-state index contributed by atoms with van der Waals surface area (Å²) in [7, 11) is 0. The van der Waals surface area contributed by atoms with E-state index in [1.807, 2.05) is 6.92 Å². The van der Waals surface area contributed by atoms with E-state index in [9.17, 15) is 0 Å². The predicted octanol–water partition coefficient (Wildman–Crippen LogP) is 1.36. The van der Waals surface area contributed by atoms with Crippen molar-refractivity contribution in [1.82, 2.24) is 9.97 Å². The van der Waals surface area contributed by atoms with Gasteiger partial charge in [-0.15, -0.1) is 11.6 Å². The molecule has 82 valence electrons. The molecule has 0 spiro atoms. The number of rotatable bonds is 2. The molecule has 4 nitrogen and oxygen atoms in total. The fraction of sp³-hybridized carbons (Fsp3) is 0.600. The van der Waals surface area contributed by atoms with Crippen LogP contribution in [0.15, 0.2) is 6.20 Å². The molecule has 1 aromatic rings. The van der Waals surface area contributed by atoms with Crippen molar-refractivity contribution in [2.45, 2.75) is 12.8 Å². The summed E-state index contributed by atoms with van der Waals surface area (Å²) < 4.78 is 5.31. The van der Waals surface area contributed by atoms with Crippen molar-refractivity contribution in [2.24, 2.45) is 0 Å². The van der Waals surface area contributed by atoms with Crippen LogP contribution in [0.3, 0.4) is 0 Å². The number of halogens is 1. The molecule has 0 radical (unpaired) electrons. The van der Waals surface area contributed by atoms with Crippen LogP contribution in [0.1, 0.15) is 11.4 Å². The van der Waals surface area contributed by atoms with Crippen LogP contribution in [0.5, 0.6) is 0 Å². The van der Waals surface area contributed by atoms with Gasteiger partial charge >= 0.3 is 0 Å². The van der Waals surface area contributed by atoms with E-state index in [2.05, 4.69) is 14.9 Å². The van der Waals surface area contributed by atoms with E-state index >= 15 is 0 Å². The van der Waals surface area contributed by atoms with Gasteiger partial charge in [-0.05, 0) is 6.92 Å².